The second-order valence-electron chi connectivity index (χ2n) is 8.55. The molecule has 0 aliphatic rings. The molecule has 8 nitrogen and oxygen atoms in total. The summed E-state index contributed by atoms with van der Waals surface area (Å²) in [6.45, 7) is 5.59. The molecule has 0 saturated carbocycles. The summed E-state index contributed by atoms with van der Waals surface area (Å²) >= 11 is 9.53. The molecule has 2 rings (SSSR count). The van der Waals surface area contributed by atoms with Crippen LogP contribution < -0.4 is 14.4 Å². The monoisotopic (exact) mass is 587 g/mol. The zero-order valence-corrected chi connectivity index (χ0v) is 23.6. The maximum absolute atomic E-state index is 13.6. The number of ether oxygens (including phenoxy) is 1. The SMILES string of the molecule is COc1ccc(Cl)cc1N(CC(=O)N(Cc1cccc(Br)c1)[C@@H](C)C(=O)NCC(C)C)S(C)(=O)=O. The van der Waals surface area contributed by atoms with Gasteiger partial charge in [-0.1, -0.05) is 53.5 Å². The number of anilines is 1. The van der Waals surface area contributed by atoms with Crippen LogP contribution in [0.3, 0.4) is 0 Å². The highest BCUT2D eigenvalue weighted by Gasteiger charge is 2.31. The maximum Gasteiger partial charge on any atom is 0.244 e. The molecular formula is C24H31BrClN3O5S. The van der Waals surface area contributed by atoms with Crippen molar-refractivity contribution in [1.82, 2.24) is 10.2 Å². The van der Waals surface area contributed by atoms with E-state index in [1.807, 2.05) is 38.1 Å². The van der Waals surface area contributed by atoms with Crippen molar-refractivity contribution in [3.8, 4) is 5.75 Å². The lowest BCUT2D eigenvalue weighted by atomic mass is 10.1. The number of sulfonamides is 1. The van der Waals surface area contributed by atoms with Gasteiger partial charge >= 0.3 is 0 Å². The van der Waals surface area contributed by atoms with Gasteiger partial charge in [-0.05, 0) is 48.7 Å². The first-order chi connectivity index (χ1) is 16.3. The van der Waals surface area contributed by atoms with Crippen molar-refractivity contribution >= 4 is 55.1 Å². The molecule has 11 heteroatoms. The van der Waals surface area contributed by atoms with Crippen molar-refractivity contribution in [2.45, 2.75) is 33.4 Å². The number of methoxy groups -OCH3 is 1. The number of rotatable bonds is 11. The van der Waals surface area contributed by atoms with Gasteiger partial charge in [0, 0.05) is 22.6 Å². The summed E-state index contributed by atoms with van der Waals surface area (Å²) in [6.07, 6.45) is 0.998. The quantitative estimate of drug-likeness (QED) is 0.427. The molecule has 0 bridgehead atoms. The van der Waals surface area contributed by atoms with Crippen LogP contribution in [0.2, 0.25) is 5.02 Å². The predicted octanol–water partition coefficient (Wildman–Crippen LogP) is 4.07. The van der Waals surface area contributed by atoms with Crippen LogP contribution in [-0.4, -0.2) is 57.6 Å². The minimum absolute atomic E-state index is 0.110. The largest absolute Gasteiger partial charge is 0.495 e. The number of carbonyl (C=O) groups is 2. The molecule has 0 heterocycles. The topological polar surface area (TPSA) is 96.0 Å². The summed E-state index contributed by atoms with van der Waals surface area (Å²) in [4.78, 5) is 27.8. The summed E-state index contributed by atoms with van der Waals surface area (Å²) in [7, 11) is -2.51. The number of benzene rings is 2. The number of nitrogens with one attached hydrogen (secondary N) is 1. The van der Waals surface area contributed by atoms with E-state index in [0.717, 1.165) is 20.6 Å². The smallest absolute Gasteiger partial charge is 0.244 e. The van der Waals surface area contributed by atoms with Crippen molar-refractivity contribution < 1.29 is 22.7 Å². The number of halogens is 2. The fraction of sp³-hybridized carbons (Fsp3) is 0.417. The lowest BCUT2D eigenvalue weighted by Crippen LogP contribution is -2.51. The van der Waals surface area contributed by atoms with Crippen LogP contribution in [0.5, 0.6) is 5.75 Å². The first-order valence-electron chi connectivity index (χ1n) is 11.0. The van der Waals surface area contributed by atoms with E-state index in [1.165, 1.54) is 24.1 Å². The van der Waals surface area contributed by atoms with Crippen molar-refractivity contribution in [3.05, 3.63) is 57.5 Å². The molecule has 0 fully saturated rings. The molecule has 35 heavy (non-hydrogen) atoms. The fourth-order valence-electron chi connectivity index (χ4n) is 3.32. The van der Waals surface area contributed by atoms with E-state index in [9.17, 15) is 18.0 Å². The highest BCUT2D eigenvalue weighted by atomic mass is 79.9. The molecule has 2 aromatic rings. The normalized spacial score (nSPS) is 12.2. The van der Waals surface area contributed by atoms with E-state index in [2.05, 4.69) is 21.2 Å². The summed E-state index contributed by atoms with van der Waals surface area (Å²) in [5.41, 5.74) is 0.914. The van der Waals surface area contributed by atoms with Crippen LogP contribution in [-0.2, 0) is 26.2 Å². The summed E-state index contributed by atoms with van der Waals surface area (Å²) < 4.78 is 32.5. The van der Waals surface area contributed by atoms with Gasteiger partial charge in [0.05, 0.1) is 19.1 Å². The summed E-state index contributed by atoms with van der Waals surface area (Å²) in [5.74, 6) is -0.400. The van der Waals surface area contributed by atoms with Gasteiger partial charge in [0.1, 0.15) is 18.3 Å². The fourth-order valence-corrected chi connectivity index (χ4v) is 4.78. The zero-order valence-electron chi connectivity index (χ0n) is 20.4. The molecule has 0 aromatic heterocycles. The minimum Gasteiger partial charge on any atom is -0.495 e. The Morgan fingerprint density at radius 3 is 2.40 bits per heavy atom. The Balaban J connectivity index is 2.44. The van der Waals surface area contributed by atoms with Gasteiger partial charge in [-0.15, -0.1) is 0 Å². The lowest BCUT2D eigenvalue weighted by molar-refractivity contribution is -0.139. The standard InChI is InChI=1S/C24H31BrClN3O5S/c1-16(2)13-27-24(31)17(3)28(14-18-7-6-8-19(25)11-18)23(30)15-29(35(5,32)33)21-12-20(26)9-10-22(21)34-4/h6-12,16-17H,13-15H2,1-5H3,(H,27,31)/t17-/m0/s1. The van der Waals surface area contributed by atoms with Crippen molar-refractivity contribution in [2.75, 3.05) is 30.8 Å². The maximum atomic E-state index is 13.6. The van der Waals surface area contributed by atoms with Crippen LogP contribution in [0.15, 0.2) is 46.9 Å². The highest BCUT2D eigenvalue weighted by Crippen LogP contribution is 2.33. The van der Waals surface area contributed by atoms with Crippen LogP contribution in [0, 0.1) is 5.92 Å². The van der Waals surface area contributed by atoms with Gasteiger partial charge in [-0.3, -0.25) is 13.9 Å². The van der Waals surface area contributed by atoms with Crippen LogP contribution in [0.25, 0.3) is 0 Å². The van der Waals surface area contributed by atoms with E-state index in [1.54, 1.807) is 13.0 Å². The molecule has 0 saturated heterocycles. The molecule has 0 spiro atoms. The number of hydrogen-bond acceptors (Lipinski definition) is 5. The second-order valence-corrected chi connectivity index (χ2v) is 11.8. The minimum atomic E-state index is -3.90. The second kappa shape index (κ2) is 12.6. The molecule has 2 aromatic carbocycles. The van der Waals surface area contributed by atoms with Crippen molar-refractivity contribution in [3.63, 3.8) is 0 Å². The molecule has 1 atom stereocenters. The van der Waals surface area contributed by atoms with Gasteiger partial charge in [0.25, 0.3) is 0 Å². The Hall–Kier alpha value is -2.30. The molecule has 192 valence electrons. The molecule has 0 radical (unpaired) electrons. The molecule has 2 amide bonds. The van der Waals surface area contributed by atoms with Crippen LogP contribution >= 0.6 is 27.5 Å². The Bertz CT molecular complexity index is 1160. The number of nitrogens with zero attached hydrogens (tertiary/aromatic N) is 2. The third kappa shape index (κ3) is 8.40. The first kappa shape index (κ1) is 28.9. The molecule has 0 aliphatic carbocycles. The summed E-state index contributed by atoms with van der Waals surface area (Å²) in [6, 6.07) is 11.0. The van der Waals surface area contributed by atoms with Crippen LogP contribution in [0.4, 0.5) is 5.69 Å². The van der Waals surface area contributed by atoms with E-state index in [0.29, 0.717) is 6.54 Å². The van der Waals surface area contributed by atoms with Gasteiger partial charge in [-0.2, -0.15) is 0 Å². The Morgan fingerprint density at radius 1 is 1.14 bits per heavy atom. The highest BCUT2D eigenvalue weighted by molar-refractivity contribution is 9.10. The summed E-state index contributed by atoms with van der Waals surface area (Å²) in [5, 5.41) is 3.13. The Labute approximate surface area is 220 Å². The average molecular weight is 589 g/mol. The number of amides is 2. The first-order valence-corrected chi connectivity index (χ1v) is 14.0. The van der Waals surface area contributed by atoms with E-state index >= 15 is 0 Å². The van der Waals surface area contributed by atoms with E-state index in [4.69, 9.17) is 16.3 Å². The number of hydrogen-bond donors (Lipinski definition) is 1. The average Bonchev–Trinajstić information content (AvgIpc) is 2.78. The lowest BCUT2D eigenvalue weighted by Gasteiger charge is -2.32. The van der Waals surface area contributed by atoms with E-state index < -0.39 is 28.5 Å². The zero-order chi connectivity index (χ0) is 26.3. The third-order valence-electron chi connectivity index (χ3n) is 5.18. The molecule has 0 aliphatic heterocycles. The van der Waals surface area contributed by atoms with Crippen molar-refractivity contribution in [1.29, 1.82) is 0 Å². The van der Waals surface area contributed by atoms with E-state index in [-0.39, 0.29) is 34.8 Å². The number of carbonyl (C=O) groups excluding carboxylic acids is 2. The predicted molar refractivity (Wildman–Crippen MR) is 142 cm³/mol. The van der Waals surface area contributed by atoms with Crippen molar-refractivity contribution in [2.24, 2.45) is 5.92 Å². The van der Waals surface area contributed by atoms with Crippen LogP contribution in [0.1, 0.15) is 26.3 Å². The molecule has 1 N–H and O–H groups in total. The van der Waals surface area contributed by atoms with Gasteiger partial charge in [0.2, 0.25) is 21.8 Å². The Morgan fingerprint density at radius 2 is 1.83 bits per heavy atom. The van der Waals surface area contributed by atoms with Gasteiger partial charge in [0.15, 0.2) is 0 Å². The molecular weight excluding hydrogens is 558 g/mol. The third-order valence-corrected chi connectivity index (χ3v) is 7.04. The van der Waals surface area contributed by atoms with Gasteiger partial charge < -0.3 is 15.0 Å². The molecule has 0 unspecified atom stereocenters. The Kier molecular flexibility index (Phi) is 10.4. The van der Waals surface area contributed by atoms with Gasteiger partial charge in [-0.25, -0.2) is 8.42 Å².